The minimum atomic E-state index is -0.104. The van der Waals surface area contributed by atoms with Crippen LogP contribution in [0, 0.1) is 11.5 Å². The lowest BCUT2D eigenvalue weighted by molar-refractivity contribution is -0.116. The SMILES string of the molecule is N#C/N=C(\NCc1cnc(-n2ccc3c(-c4cccc(NC(=O)CCn5ccc(O)c5)c4)cccc32)s1)Nc1ccncc1. The van der Waals surface area contributed by atoms with Crippen LogP contribution in [0.15, 0.2) is 109 Å². The minimum Gasteiger partial charge on any atom is -0.506 e. The number of aryl methyl sites for hydroxylation is 1. The smallest absolute Gasteiger partial charge is 0.226 e. The Balaban J connectivity index is 1.15. The Morgan fingerprint density at radius 3 is 2.70 bits per heavy atom. The van der Waals surface area contributed by atoms with E-state index >= 15 is 0 Å². The van der Waals surface area contributed by atoms with Crippen LogP contribution in [-0.4, -0.2) is 36.1 Å². The zero-order chi connectivity index (χ0) is 30.3. The molecule has 6 aromatic rings. The molecule has 0 radical (unpaired) electrons. The first-order valence-electron chi connectivity index (χ1n) is 13.7. The number of nitrogens with one attached hydrogen (secondary N) is 3. The van der Waals surface area contributed by atoms with Crippen LogP contribution in [0.1, 0.15) is 11.3 Å². The standard InChI is InChI=1S/C32H27N9O2S/c33-21-37-31(39-23-7-12-34-13-8-23)35-18-26-19-36-32(44-26)41-16-10-28-27(5-2-6-29(28)41)22-3-1-4-24(17-22)38-30(43)11-15-40-14-9-25(42)20-40/h1-10,12-14,16-17,19-20,42H,11,15,18H2,(H,38,43)(H2,34,35,37,39). The highest BCUT2D eigenvalue weighted by Gasteiger charge is 2.13. The van der Waals surface area contributed by atoms with Crippen LogP contribution < -0.4 is 16.0 Å². The van der Waals surface area contributed by atoms with Crippen LogP contribution >= 0.6 is 11.3 Å². The Kier molecular flexibility index (Phi) is 8.29. The number of carbonyl (C=O) groups excluding carboxylic acids is 1. The van der Waals surface area contributed by atoms with E-state index in [0.29, 0.717) is 24.7 Å². The molecule has 4 aromatic heterocycles. The van der Waals surface area contributed by atoms with Gasteiger partial charge in [-0.2, -0.15) is 5.26 Å². The van der Waals surface area contributed by atoms with Gasteiger partial charge in [0.15, 0.2) is 5.13 Å². The van der Waals surface area contributed by atoms with Crippen molar-refractivity contribution < 1.29 is 9.90 Å². The number of hydrogen-bond acceptors (Lipinski definition) is 7. The van der Waals surface area contributed by atoms with Crippen LogP contribution in [-0.2, 0) is 17.9 Å². The van der Waals surface area contributed by atoms with Gasteiger partial charge in [0.25, 0.3) is 0 Å². The second-order valence-electron chi connectivity index (χ2n) is 9.79. The van der Waals surface area contributed by atoms with Gasteiger partial charge in [-0.05, 0) is 53.6 Å². The summed E-state index contributed by atoms with van der Waals surface area (Å²) in [7, 11) is 0. The molecular weight excluding hydrogens is 574 g/mol. The molecule has 0 aliphatic heterocycles. The average Bonchev–Trinajstić information content (AvgIpc) is 3.79. The Morgan fingerprint density at radius 2 is 1.89 bits per heavy atom. The highest BCUT2D eigenvalue weighted by Crippen LogP contribution is 2.33. The maximum Gasteiger partial charge on any atom is 0.226 e. The van der Waals surface area contributed by atoms with E-state index in [1.165, 1.54) is 11.3 Å². The molecule has 0 saturated heterocycles. The number of thiazole rings is 1. The number of nitrogens with zero attached hydrogens (tertiary/aromatic N) is 6. The summed E-state index contributed by atoms with van der Waals surface area (Å²) in [5, 5.41) is 29.7. The van der Waals surface area contributed by atoms with E-state index in [1.54, 1.807) is 47.6 Å². The lowest BCUT2D eigenvalue weighted by Crippen LogP contribution is -2.29. The van der Waals surface area contributed by atoms with Gasteiger partial charge in [-0.25, -0.2) is 4.98 Å². The van der Waals surface area contributed by atoms with E-state index in [9.17, 15) is 9.90 Å². The fourth-order valence-corrected chi connectivity index (χ4v) is 5.61. The Labute approximate surface area is 256 Å². The Bertz CT molecular complexity index is 1990. The second kappa shape index (κ2) is 12.9. The van der Waals surface area contributed by atoms with Gasteiger partial charge in [0.2, 0.25) is 18.1 Å². The zero-order valence-electron chi connectivity index (χ0n) is 23.4. The van der Waals surface area contributed by atoms with Crippen LogP contribution in [0.25, 0.3) is 27.2 Å². The van der Waals surface area contributed by atoms with E-state index in [0.717, 1.165) is 37.7 Å². The van der Waals surface area contributed by atoms with E-state index in [1.807, 2.05) is 48.9 Å². The number of rotatable bonds is 9. The number of amides is 1. The number of benzene rings is 2. The van der Waals surface area contributed by atoms with Crippen molar-refractivity contribution in [1.29, 1.82) is 5.26 Å². The maximum absolute atomic E-state index is 12.6. The van der Waals surface area contributed by atoms with E-state index in [4.69, 9.17) is 5.26 Å². The first-order chi connectivity index (χ1) is 21.6. The number of carbonyl (C=O) groups is 1. The fourth-order valence-electron chi connectivity index (χ4n) is 4.77. The molecule has 0 spiro atoms. The molecule has 0 atom stereocenters. The predicted molar refractivity (Wildman–Crippen MR) is 171 cm³/mol. The molecular formula is C32H27N9O2S. The van der Waals surface area contributed by atoms with Crippen molar-refractivity contribution in [3.8, 4) is 28.2 Å². The van der Waals surface area contributed by atoms with Gasteiger partial charge in [-0.3, -0.25) is 14.3 Å². The molecule has 0 bridgehead atoms. The average molecular weight is 602 g/mol. The molecule has 0 saturated carbocycles. The lowest BCUT2D eigenvalue weighted by Gasteiger charge is -2.10. The third kappa shape index (κ3) is 6.59. The summed E-state index contributed by atoms with van der Waals surface area (Å²) in [5.41, 5.74) is 4.51. The van der Waals surface area contributed by atoms with Crippen molar-refractivity contribution in [3.63, 3.8) is 0 Å². The van der Waals surface area contributed by atoms with Crippen LogP contribution in [0.4, 0.5) is 11.4 Å². The summed E-state index contributed by atoms with van der Waals surface area (Å²) < 4.78 is 3.83. The number of fused-ring (bicyclic) bond motifs is 1. The van der Waals surface area contributed by atoms with Crippen molar-refractivity contribution in [2.24, 2.45) is 4.99 Å². The molecule has 0 fully saturated rings. The van der Waals surface area contributed by atoms with Crippen molar-refractivity contribution >= 4 is 45.5 Å². The second-order valence-corrected chi connectivity index (χ2v) is 10.9. The Hall–Kier alpha value is -5.93. The first-order valence-corrected chi connectivity index (χ1v) is 14.6. The maximum atomic E-state index is 12.6. The third-order valence-corrected chi connectivity index (χ3v) is 7.80. The topological polar surface area (TPSA) is 145 Å². The minimum absolute atomic E-state index is 0.104. The van der Waals surface area contributed by atoms with Crippen LogP contribution in [0.3, 0.4) is 0 Å². The molecule has 218 valence electrons. The highest BCUT2D eigenvalue weighted by molar-refractivity contribution is 7.14. The first kappa shape index (κ1) is 28.2. The van der Waals surface area contributed by atoms with E-state index in [-0.39, 0.29) is 18.1 Å². The van der Waals surface area contributed by atoms with Crippen molar-refractivity contribution in [1.82, 2.24) is 24.4 Å². The molecule has 44 heavy (non-hydrogen) atoms. The van der Waals surface area contributed by atoms with Crippen LogP contribution in [0.5, 0.6) is 5.75 Å². The summed E-state index contributed by atoms with van der Waals surface area (Å²) >= 11 is 1.54. The monoisotopic (exact) mass is 601 g/mol. The molecule has 4 N–H and O–H groups in total. The number of aromatic hydroxyl groups is 1. The van der Waals surface area contributed by atoms with Gasteiger partial charge in [0.1, 0.15) is 5.75 Å². The summed E-state index contributed by atoms with van der Waals surface area (Å²) in [6, 6.07) is 21.2. The molecule has 0 unspecified atom stereocenters. The molecule has 12 heteroatoms. The van der Waals surface area contributed by atoms with E-state index < -0.39 is 0 Å². The zero-order valence-corrected chi connectivity index (χ0v) is 24.2. The number of anilines is 2. The lowest BCUT2D eigenvalue weighted by atomic mass is 10.0. The van der Waals surface area contributed by atoms with Crippen molar-refractivity contribution in [2.75, 3.05) is 10.6 Å². The molecule has 4 heterocycles. The largest absolute Gasteiger partial charge is 0.506 e. The molecule has 0 aliphatic rings. The number of pyridine rings is 1. The predicted octanol–water partition coefficient (Wildman–Crippen LogP) is 5.72. The fraction of sp³-hybridized carbons (Fsp3) is 0.0938. The summed E-state index contributed by atoms with van der Waals surface area (Å²) in [4.78, 5) is 26.0. The molecule has 2 aromatic carbocycles. The number of aliphatic imine (C=N–C) groups is 1. The number of hydrogen-bond donors (Lipinski definition) is 4. The van der Waals surface area contributed by atoms with Gasteiger partial charge >= 0.3 is 0 Å². The molecule has 1 amide bonds. The molecule has 11 nitrogen and oxygen atoms in total. The van der Waals surface area contributed by atoms with E-state index in [2.05, 4.69) is 53.7 Å². The third-order valence-electron chi connectivity index (χ3n) is 6.80. The quantitative estimate of drug-likeness (QED) is 0.0942. The van der Waals surface area contributed by atoms with Gasteiger partial charge in [-0.15, -0.1) is 4.99 Å². The molecule has 6 rings (SSSR count). The number of aromatic nitrogens is 4. The van der Waals surface area contributed by atoms with Crippen molar-refractivity contribution in [3.05, 3.63) is 109 Å². The number of guanidine groups is 1. The Morgan fingerprint density at radius 1 is 1.02 bits per heavy atom. The van der Waals surface area contributed by atoms with Gasteiger partial charge in [0.05, 0.1) is 12.1 Å². The summed E-state index contributed by atoms with van der Waals surface area (Å²) in [6.07, 6.45) is 12.6. The normalized spacial score (nSPS) is 11.3. The van der Waals surface area contributed by atoms with Gasteiger partial charge < -0.3 is 25.6 Å². The van der Waals surface area contributed by atoms with Gasteiger partial charge in [0, 0.05) is 71.8 Å². The van der Waals surface area contributed by atoms with Gasteiger partial charge in [-0.1, -0.05) is 35.6 Å². The molecule has 0 aliphatic carbocycles. The van der Waals surface area contributed by atoms with Crippen molar-refractivity contribution in [2.45, 2.75) is 19.5 Å². The van der Waals surface area contributed by atoms with Crippen LogP contribution in [0.2, 0.25) is 0 Å². The summed E-state index contributed by atoms with van der Waals surface area (Å²) in [5.74, 6) is 0.414. The number of nitriles is 1. The summed E-state index contributed by atoms with van der Waals surface area (Å²) in [6.45, 7) is 0.914. The highest BCUT2D eigenvalue weighted by atomic mass is 32.1.